The number of benzene rings is 6. The fourth-order valence-electron chi connectivity index (χ4n) is 16.0. The van der Waals surface area contributed by atoms with Crippen molar-refractivity contribution in [2.24, 2.45) is 23.7 Å². The third-order valence-corrected chi connectivity index (χ3v) is 23.9. The number of alkyl carbamates (subject to hydrolysis) is 3. The summed E-state index contributed by atoms with van der Waals surface area (Å²) in [6.45, 7) is 18.7. The van der Waals surface area contributed by atoms with E-state index in [1.807, 2.05) is 26.0 Å². The highest BCUT2D eigenvalue weighted by Crippen LogP contribution is 2.29. The molecule has 0 aliphatic carbocycles. The van der Waals surface area contributed by atoms with Crippen LogP contribution in [0.15, 0.2) is 164 Å². The fourth-order valence-corrected chi connectivity index (χ4v) is 16.5. The van der Waals surface area contributed by atoms with Crippen LogP contribution >= 0.6 is 23.2 Å². The van der Waals surface area contributed by atoms with Crippen molar-refractivity contribution in [1.82, 2.24) is 73.3 Å². The van der Waals surface area contributed by atoms with E-state index in [4.69, 9.17) is 47.0 Å². The number of nitrogens with zero attached hydrogens (tertiary/aromatic N) is 3. The normalized spacial score (nSPS) is 16.1. The highest BCUT2D eigenvalue weighted by atomic mass is 35.5. The first-order valence-electron chi connectivity index (χ1n) is 47.0. The smallest absolute Gasteiger partial charge is 0.408 e. The summed E-state index contributed by atoms with van der Waals surface area (Å²) in [5, 5.41) is 31.8. The van der Waals surface area contributed by atoms with Crippen LogP contribution in [0.2, 0.25) is 10.0 Å². The van der Waals surface area contributed by atoms with Crippen molar-refractivity contribution in [2.45, 2.75) is 264 Å². The minimum atomic E-state index is -1.58. The zero-order chi connectivity index (χ0) is 100. The van der Waals surface area contributed by atoms with Gasteiger partial charge in [0.2, 0.25) is 59.1 Å². The highest BCUT2D eigenvalue weighted by molar-refractivity contribution is 6.36. The lowest BCUT2D eigenvalue weighted by molar-refractivity contribution is -0.200. The van der Waals surface area contributed by atoms with Crippen LogP contribution in [-0.2, 0) is 120 Å². The first kappa shape index (κ1) is 108. The summed E-state index contributed by atoms with van der Waals surface area (Å²) in [4.78, 5) is 238. The van der Waals surface area contributed by atoms with Gasteiger partial charge in [0.1, 0.15) is 97.6 Å². The van der Waals surface area contributed by atoms with Gasteiger partial charge >= 0.3 is 24.2 Å². The van der Waals surface area contributed by atoms with Crippen LogP contribution in [-0.4, -0.2) is 208 Å². The Morgan fingerprint density at radius 3 is 1.26 bits per heavy atom. The zero-order valence-corrected chi connectivity index (χ0v) is 81.5. The van der Waals surface area contributed by atoms with Gasteiger partial charge < -0.3 is 92.1 Å². The molecule has 9 rings (SSSR count). The number of likely N-dealkylation sites (tertiary alicyclic amines) is 2. The molecule has 3 saturated heterocycles. The second-order valence-electron chi connectivity index (χ2n) is 37.1. The van der Waals surface area contributed by atoms with Gasteiger partial charge in [-0.15, -0.1) is 5.06 Å². The number of ether oxygens (including phenoxy) is 4. The lowest BCUT2D eigenvalue weighted by atomic mass is 9.98. The van der Waals surface area contributed by atoms with Crippen molar-refractivity contribution in [3.8, 4) is 5.75 Å². The van der Waals surface area contributed by atoms with E-state index < -0.39 is 179 Å². The summed E-state index contributed by atoms with van der Waals surface area (Å²) < 4.78 is 22.4. The second kappa shape index (κ2) is 53.5. The second-order valence-corrected chi connectivity index (χ2v) is 37.9. The summed E-state index contributed by atoms with van der Waals surface area (Å²) in [6.07, 6.45) is -2.61. The Kier molecular flexibility index (Phi) is 42.1. The van der Waals surface area contributed by atoms with E-state index in [1.165, 1.54) is 9.80 Å². The summed E-state index contributed by atoms with van der Waals surface area (Å²) in [7, 11) is 0. The maximum absolute atomic E-state index is 15.6. The van der Waals surface area contributed by atoms with E-state index >= 15 is 33.6 Å². The van der Waals surface area contributed by atoms with Crippen LogP contribution in [0.5, 0.6) is 5.75 Å². The third-order valence-electron chi connectivity index (χ3n) is 23.2. The van der Waals surface area contributed by atoms with Crippen LogP contribution in [0.3, 0.4) is 0 Å². The van der Waals surface area contributed by atoms with Gasteiger partial charge in [-0.25, -0.2) is 19.2 Å². The molecule has 0 unspecified atom stereocenters. The van der Waals surface area contributed by atoms with Crippen LogP contribution in [0.4, 0.5) is 14.4 Å². The molecule has 3 fully saturated rings. The molecule has 0 bridgehead atoms. The molecular formula is C101H130Cl2N14O21. The van der Waals surface area contributed by atoms with E-state index in [1.54, 1.807) is 214 Å². The van der Waals surface area contributed by atoms with Crippen LogP contribution in [0.1, 0.15) is 187 Å². The molecule has 15 amide bonds. The monoisotopic (exact) mass is 1940 g/mol. The highest BCUT2D eigenvalue weighted by Gasteiger charge is 2.45. The van der Waals surface area contributed by atoms with Gasteiger partial charge in [-0.3, -0.25) is 57.5 Å². The maximum atomic E-state index is 15.6. The average molecular weight is 1950 g/mol. The molecule has 6 aromatic rings. The summed E-state index contributed by atoms with van der Waals surface area (Å²) in [5.41, 5.74) is 2.67. The van der Waals surface area contributed by atoms with Crippen molar-refractivity contribution in [3.05, 3.63) is 207 Å². The molecule has 3 aliphatic heterocycles. The summed E-state index contributed by atoms with van der Waals surface area (Å²) in [6, 6.07) is 31.6. The Morgan fingerprint density at radius 1 is 0.399 bits per heavy atom. The predicted octanol–water partition coefficient (Wildman–Crippen LogP) is 9.78. The molecule has 11 N–H and O–H groups in total. The molecule has 0 saturated carbocycles. The van der Waals surface area contributed by atoms with Gasteiger partial charge in [-0.2, -0.15) is 0 Å². The molecule has 0 spiro atoms. The maximum Gasteiger partial charge on any atom is 0.408 e. The number of imide groups is 1. The Balaban J connectivity index is 0.975. The van der Waals surface area contributed by atoms with Crippen molar-refractivity contribution in [3.63, 3.8) is 0 Å². The minimum Gasteiger partial charge on any atom is -0.489 e. The quantitative estimate of drug-likeness (QED) is 0.00961. The molecule has 138 heavy (non-hydrogen) atoms. The van der Waals surface area contributed by atoms with Crippen molar-refractivity contribution in [1.29, 1.82) is 0 Å². The third kappa shape index (κ3) is 34.5. The van der Waals surface area contributed by atoms with Gasteiger partial charge in [-0.1, -0.05) is 218 Å². The lowest BCUT2D eigenvalue weighted by Crippen LogP contribution is -2.62. The molecule has 37 heteroatoms. The van der Waals surface area contributed by atoms with Gasteiger partial charge in [0.05, 0.1) is 0 Å². The molecule has 35 nitrogen and oxygen atoms in total. The van der Waals surface area contributed by atoms with E-state index in [0.29, 0.717) is 61.5 Å². The molecule has 3 heterocycles. The zero-order valence-electron chi connectivity index (χ0n) is 80.0. The first-order chi connectivity index (χ1) is 65.8. The van der Waals surface area contributed by atoms with E-state index in [-0.39, 0.29) is 141 Å². The summed E-state index contributed by atoms with van der Waals surface area (Å²) >= 11 is 13.0. The standard InChI is InChI=1S/C101H130Cl2N14O21/c1-61(2)53-76(89(122)112-80(57-66-31-18-13-19-32-66)96(129)116-52-28-42-82(116)97(130)138-117-83(118)47-48-84(117)119)108-87(120)74(39-25-49-104-98(131)135-58-68-33-20-14-21-34-68)106-93(126)85(63(5)6)113-91(124)78(56-67-43-45-70(46-44-67)134-60-71-72(102)37-24-38-73(71)103)109-90(123)77(55-65-29-16-12-17-30-65)110-92(125)81-41-27-51-115(81)95(128)79(54-62(3)4)111-88(121)75(40-26-50-105-99(132)136-59-69-35-22-15-23-36-69)107-94(127)86(64(7)8)114-100(133)137-101(9,10)11/h12-24,29-38,43-46,61-64,74-82,85-86H,25-28,39-42,47-60H2,1-11H3,(H,104,131)(H,105,132)(H,106,126)(H,107,127)(H,108,120)(H,109,123)(H,110,125)(H,111,121)(H,112,122)(H,113,124)(H,114,133)/t74-,75-,76-,77+,78+,79-,80+,81-,82-,85-,86-/m0/s1. The van der Waals surface area contributed by atoms with Gasteiger partial charge in [-0.05, 0) is 161 Å². The minimum absolute atomic E-state index is 0.00463. The molecule has 0 radical (unpaired) electrons. The Bertz CT molecular complexity index is 5120. The Hall–Kier alpha value is -13.2. The molecular weight excluding hydrogens is 1820 g/mol. The number of carbonyl (C=O) groups is 16. The van der Waals surface area contributed by atoms with Gasteiger partial charge in [0, 0.05) is 73.9 Å². The van der Waals surface area contributed by atoms with Crippen molar-refractivity contribution < 1.29 is 100 Å². The number of amides is 15. The number of hydrogen-bond donors (Lipinski definition) is 11. The predicted molar refractivity (Wildman–Crippen MR) is 513 cm³/mol. The number of carbonyl (C=O) groups excluding carboxylic acids is 16. The molecule has 3 aliphatic rings. The lowest BCUT2D eigenvalue weighted by Gasteiger charge is -2.32. The van der Waals surface area contributed by atoms with Crippen LogP contribution in [0, 0.1) is 23.7 Å². The number of halogens is 2. The van der Waals surface area contributed by atoms with Gasteiger partial charge in [0.15, 0.2) is 0 Å². The van der Waals surface area contributed by atoms with Crippen molar-refractivity contribution in [2.75, 3.05) is 26.2 Å². The number of nitrogens with one attached hydrogen (secondary N) is 11. The Labute approximate surface area is 814 Å². The van der Waals surface area contributed by atoms with Gasteiger partial charge in [0.25, 0.3) is 11.8 Å². The fraction of sp³-hybridized carbons (Fsp3) is 0.485. The number of rotatable bonds is 48. The van der Waals surface area contributed by atoms with E-state index in [2.05, 4.69) is 58.5 Å². The molecule has 11 atom stereocenters. The van der Waals surface area contributed by atoms with E-state index in [9.17, 15) is 43.2 Å². The van der Waals surface area contributed by atoms with Crippen LogP contribution in [0.25, 0.3) is 0 Å². The molecule has 0 aromatic heterocycles. The Morgan fingerprint density at radius 2 is 0.783 bits per heavy atom. The molecule has 6 aromatic carbocycles. The number of hydrogen-bond acceptors (Lipinski definition) is 21. The van der Waals surface area contributed by atoms with E-state index in [0.717, 1.165) is 5.56 Å². The number of hydroxylamine groups is 2. The average Bonchev–Trinajstić information content (AvgIpc) is 1.64. The largest absolute Gasteiger partial charge is 0.489 e. The SMILES string of the molecule is CC(C)C[C@H](NC(=O)[C@H](CCCNC(=O)OCc1ccccc1)NC(=O)[C@@H](NC(=O)[C@@H](Cc1ccc(OCc2c(Cl)cccc2Cl)cc1)NC(=O)[C@@H](Cc1ccccc1)NC(=O)[C@@H]1CCCN1C(=O)[C@H](CC(C)C)NC(=O)[C@H](CCCNC(=O)OCc1ccccc1)NC(=O)[C@@H](NC(=O)OC(C)(C)C)C(C)C)C(C)C)C(=O)N[C@H](Cc1ccccc1)C(=O)N1CCC[C@H]1C(=O)ON1C(=O)CCC1=O. The first-order valence-corrected chi connectivity index (χ1v) is 47.8. The van der Waals surface area contributed by atoms with Crippen LogP contribution < -0.4 is 63.2 Å². The summed E-state index contributed by atoms with van der Waals surface area (Å²) in [5.74, 6) is -12.1. The van der Waals surface area contributed by atoms with Crippen molar-refractivity contribution >= 4 is 118 Å². The molecule has 744 valence electrons. The topological polar surface area (TPSA) is 461 Å².